The van der Waals surface area contributed by atoms with Gasteiger partial charge in [-0.3, -0.25) is 4.90 Å². The molecule has 4 unspecified atom stereocenters. The number of likely N-dealkylation sites (tertiary alicyclic amines) is 1. The number of carbonyl (C=O) groups excluding carboxylic acids is 1. The molecule has 1 fully saturated rings. The summed E-state index contributed by atoms with van der Waals surface area (Å²) >= 11 is 1.53. The number of allylic oxidation sites excluding steroid dienone is 1. The van der Waals surface area contributed by atoms with E-state index in [2.05, 4.69) is 10.8 Å². The fraction of sp³-hybridized carbons (Fsp3) is 0.625. The van der Waals surface area contributed by atoms with E-state index in [1.54, 1.807) is 17.0 Å². The van der Waals surface area contributed by atoms with Crippen LogP contribution in [0.1, 0.15) is 52.0 Å². The molecule has 1 N–H and O–H groups in total. The molecule has 32 heavy (non-hydrogen) atoms. The minimum Gasteiger partial charge on any atom is -0.453 e. The maximum atomic E-state index is 13.5. The van der Waals surface area contributed by atoms with Crippen molar-refractivity contribution in [2.24, 2.45) is 0 Å². The second kappa shape index (κ2) is 13.2. The van der Waals surface area contributed by atoms with Crippen molar-refractivity contribution in [2.75, 3.05) is 27.8 Å². The van der Waals surface area contributed by atoms with Crippen LogP contribution in [0, 0.1) is 5.82 Å². The van der Waals surface area contributed by atoms with Gasteiger partial charge in [0.2, 0.25) is 0 Å². The fourth-order valence-corrected chi connectivity index (χ4v) is 4.82. The maximum Gasteiger partial charge on any atom is 0.410 e. The normalized spacial score (nSPS) is 25.2. The Bertz CT molecular complexity index is 762. The quantitative estimate of drug-likeness (QED) is 0.562. The zero-order valence-corrected chi connectivity index (χ0v) is 21.0. The van der Waals surface area contributed by atoms with E-state index < -0.39 is 0 Å². The van der Waals surface area contributed by atoms with Crippen LogP contribution in [0.25, 0.3) is 5.57 Å². The number of carbonyl (C=O) groups is 1. The van der Waals surface area contributed by atoms with Crippen molar-refractivity contribution in [3.8, 4) is 0 Å². The molecule has 1 aliphatic carbocycles. The lowest BCUT2D eigenvalue weighted by Gasteiger charge is -2.31. The summed E-state index contributed by atoms with van der Waals surface area (Å²) in [6, 6.07) is 6.85. The minimum absolute atomic E-state index is 0.0807. The minimum atomic E-state index is -0.313. The average molecular weight is 468 g/mol. The van der Waals surface area contributed by atoms with Crippen molar-refractivity contribution in [3.63, 3.8) is 0 Å². The van der Waals surface area contributed by atoms with Crippen LogP contribution in [0.5, 0.6) is 0 Å². The first-order valence-corrected chi connectivity index (χ1v) is 12.2. The van der Waals surface area contributed by atoms with E-state index in [1.165, 1.54) is 30.9 Å². The third-order valence-electron chi connectivity index (χ3n) is 5.72. The van der Waals surface area contributed by atoms with Gasteiger partial charge in [0.25, 0.3) is 0 Å². The van der Waals surface area contributed by atoms with Crippen molar-refractivity contribution in [3.05, 3.63) is 41.7 Å². The summed E-state index contributed by atoms with van der Waals surface area (Å²) in [5.41, 5.74) is 2.11. The standard InChI is InChI=1S/C22H32FN3O3S.C2H6/c1-15-12-20(24-30-25(2)3)21(26(15)22(27)28-4)14-29-19-10-8-16(9-11-19)17-6-5-7-18(23)13-17;1-2/h5-8,13,15,19-21,24H,9-12,14H2,1-4H3;1-2H3. The summed E-state index contributed by atoms with van der Waals surface area (Å²) in [5.74, 6) is -0.209. The number of benzene rings is 1. The van der Waals surface area contributed by atoms with Gasteiger partial charge in [-0.25, -0.2) is 18.2 Å². The van der Waals surface area contributed by atoms with Gasteiger partial charge in [0.1, 0.15) is 5.82 Å². The molecule has 0 spiro atoms. The number of hydrogen-bond acceptors (Lipinski definition) is 6. The highest BCUT2D eigenvalue weighted by atomic mass is 32.2. The molecule has 4 atom stereocenters. The number of hydrogen-bond donors (Lipinski definition) is 1. The first-order valence-electron chi connectivity index (χ1n) is 11.4. The molecule has 1 amide bonds. The number of methoxy groups -OCH3 is 1. The van der Waals surface area contributed by atoms with E-state index >= 15 is 0 Å². The number of nitrogens with one attached hydrogen (secondary N) is 1. The molecule has 1 heterocycles. The predicted molar refractivity (Wildman–Crippen MR) is 130 cm³/mol. The molecule has 3 rings (SSSR count). The third-order valence-corrected chi connectivity index (χ3v) is 6.50. The number of nitrogens with zero attached hydrogens (tertiary/aromatic N) is 2. The molecule has 6 nitrogen and oxygen atoms in total. The number of halogens is 1. The smallest absolute Gasteiger partial charge is 0.410 e. The summed E-state index contributed by atoms with van der Waals surface area (Å²) in [6.07, 6.45) is 5.30. The fourth-order valence-electron chi connectivity index (χ4n) is 4.22. The van der Waals surface area contributed by atoms with Crippen LogP contribution in [0.2, 0.25) is 0 Å². The highest BCUT2D eigenvalue weighted by molar-refractivity contribution is 7.95. The van der Waals surface area contributed by atoms with E-state index in [-0.39, 0.29) is 36.1 Å². The topological polar surface area (TPSA) is 54.0 Å². The van der Waals surface area contributed by atoms with Gasteiger partial charge in [0, 0.05) is 24.2 Å². The van der Waals surface area contributed by atoms with Crippen molar-refractivity contribution >= 4 is 23.8 Å². The lowest BCUT2D eigenvalue weighted by atomic mass is 9.92. The van der Waals surface area contributed by atoms with Crippen LogP contribution in [0.4, 0.5) is 9.18 Å². The van der Waals surface area contributed by atoms with Crippen molar-refractivity contribution in [1.29, 1.82) is 0 Å². The Morgan fingerprint density at radius 3 is 2.69 bits per heavy atom. The Balaban J connectivity index is 0.00000176. The predicted octanol–water partition coefficient (Wildman–Crippen LogP) is 5.12. The molecule has 1 aromatic carbocycles. The Morgan fingerprint density at radius 1 is 1.34 bits per heavy atom. The zero-order chi connectivity index (χ0) is 23.7. The zero-order valence-electron chi connectivity index (χ0n) is 20.1. The van der Waals surface area contributed by atoms with Gasteiger partial charge in [-0.1, -0.05) is 32.1 Å². The molecule has 0 saturated carbocycles. The second-order valence-electron chi connectivity index (χ2n) is 8.13. The van der Waals surface area contributed by atoms with Crippen LogP contribution in [-0.4, -0.2) is 67.3 Å². The van der Waals surface area contributed by atoms with Crippen molar-refractivity contribution < 1.29 is 18.7 Å². The van der Waals surface area contributed by atoms with Gasteiger partial charge in [-0.15, -0.1) is 0 Å². The van der Waals surface area contributed by atoms with E-state index in [0.717, 1.165) is 31.2 Å². The number of ether oxygens (including phenoxy) is 2. The first-order chi connectivity index (χ1) is 15.4. The molecule has 1 aromatic rings. The molecular weight excluding hydrogens is 429 g/mol. The lowest BCUT2D eigenvalue weighted by molar-refractivity contribution is 0.00679. The molecule has 0 bridgehead atoms. The Morgan fingerprint density at radius 2 is 2.09 bits per heavy atom. The van der Waals surface area contributed by atoms with Crippen molar-refractivity contribution in [1.82, 2.24) is 13.9 Å². The Kier molecular flexibility index (Phi) is 11.0. The molecule has 180 valence electrons. The molecule has 8 heteroatoms. The van der Waals surface area contributed by atoms with Crippen LogP contribution in [-0.2, 0) is 9.47 Å². The largest absolute Gasteiger partial charge is 0.453 e. The van der Waals surface area contributed by atoms with Gasteiger partial charge in [0.15, 0.2) is 0 Å². The van der Waals surface area contributed by atoms with Gasteiger partial charge in [-0.05, 0) is 70.0 Å². The monoisotopic (exact) mass is 467 g/mol. The number of rotatable bonds is 7. The van der Waals surface area contributed by atoms with Gasteiger partial charge < -0.3 is 9.47 Å². The Labute approximate surface area is 196 Å². The van der Waals surface area contributed by atoms with Crippen LogP contribution >= 0.6 is 12.1 Å². The van der Waals surface area contributed by atoms with Crippen LogP contribution < -0.4 is 4.72 Å². The number of amides is 1. The third kappa shape index (κ3) is 7.20. The van der Waals surface area contributed by atoms with Crippen LogP contribution in [0.3, 0.4) is 0 Å². The molecule has 2 aliphatic rings. The Hall–Kier alpha value is -1.61. The average Bonchev–Trinajstić information content (AvgIpc) is 3.12. The SMILES string of the molecule is CC.COC(=O)N1C(C)CC(NSN(C)C)C1COC1CC=C(c2cccc(F)c2)CC1. The lowest BCUT2D eigenvalue weighted by Crippen LogP contribution is -2.48. The van der Waals surface area contributed by atoms with Gasteiger partial charge in [0.05, 0.1) is 25.9 Å². The molecular formula is C24H38FN3O3S. The summed E-state index contributed by atoms with van der Waals surface area (Å²) in [7, 11) is 5.37. The molecule has 1 saturated heterocycles. The van der Waals surface area contributed by atoms with E-state index in [1.807, 2.05) is 45.2 Å². The van der Waals surface area contributed by atoms with E-state index in [4.69, 9.17) is 9.47 Å². The van der Waals surface area contributed by atoms with Gasteiger partial charge >= 0.3 is 6.09 Å². The molecule has 1 aliphatic heterocycles. The molecule has 0 radical (unpaired) electrons. The summed E-state index contributed by atoms with van der Waals surface area (Å²) in [5, 5.41) is 0. The molecule has 0 aromatic heterocycles. The highest BCUT2D eigenvalue weighted by Gasteiger charge is 2.43. The van der Waals surface area contributed by atoms with Gasteiger partial charge in [-0.2, -0.15) is 0 Å². The highest BCUT2D eigenvalue weighted by Crippen LogP contribution is 2.31. The first kappa shape index (κ1) is 26.6. The summed E-state index contributed by atoms with van der Waals surface area (Å²) in [6.45, 7) is 6.50. The van der Waals surface area contributed by atoms with E-state index in [9.17, 15) is 9.18 Å². The van der Waals surface area contributed by atoms with Crippen LogP contribution in [0.15, 0.2) is 30.3 Å². The second-order valence-corrected chi connectivity index (χ2v) is 9.28. The maximum absolute atomic E-state index is 13.5. The van der Waals surface area contributed by atoms with Crippen molar-refractivity contribution in [2.45, 2.75) is 70.7 Å². The summed E-state index contributed by atoms with van der Waals surface area (Å²) < 4.78 is 30.2. The summed E-state index contributed by atoms with van der Waals surface area (Å²) in [4.78, 5) is 14.2. The van der Waals surface area contributed by atoms with E-state index in [0.29, 0.717) is 6.61 Å².